The molecule has 3 nitrogen and oxygen atoms in total. The number of fused-ring (bicyclic) bond motifs is 1. The van der Waals surface area contributed by atoms with Crippen molar-refractivity contribution in [3.63, 3.8) is 0 Å². The fraction of sp³-hybridized carbons (Fsp3) is 0.182. The maximum atomic E-state index is 13.7. The highest BCUT2D eigenvalue weighted by molar-refractivity contribution is 9.10. The third kappa shape index (κ3) is 1.98. The van der Waals surface area contributed by atoms with Gasteiger partial charge in [0.2, 0.25) is 0 Å². The highest BCUT2D eigenvalue weighted by Gasteiger charge is 2.15. The van der Waals surface area contributed by atoms with Crippen molar-refractivity contribution >= 4 is 32.5 Å². The summed E-state index contributed by atoms with van der Waals surface area (Å²) in [4.78, 5) is 4.14. The number of benzene rings is 1. The Bertz CT molecular complexity index is 587. The second-order valence-corrected chi connectivity index (χ2v) is 4.33. The summed E-state index contributed by atoms with van der Waals surface area (Å²) in [5.74, 6) is 3.98. The van der Waals surface area contributed by atoms with Crippen molar-refractivity contribution in [2.24, 2.45) is 5.84 Å². The number of nitrogens with two attached hydrogens (primary N) is 1. The number of nitrogens with zero attached hydrogens (tertiary/aromatic N) is 1. The maximum absolute atomic E-state index is 13.7. The monoisotopic (exact) mass is 301 g/mol. The van der Waals surface area contributed by atoms with Crippen LogP contribution in [-0.4, -0.2) is 4.98 Å². The first kappa shape index (κ1) is 12.2. The quantitative estimate of drug-likeness (QED) is 0.509. The highest BCUT2D eigenvalue weighted by Crippen LogP contribution is 2.33. The Morgan fingerprint density at radius 3 is 2.65 bits per heavy atom. The number of pyridine rings is 1. The standard InChI is InChI=1S/C11H10BrF2N3/c1-2-5-3-8(17-15)9-10(12)6(13)4-7(14)11(9)16-5/h3-4H,2,15H2,1H3,(H,16,17). The predicted octanol–water partition coefficient (Wildman–Crippen LogP) is 3.12. The van der Waals surface area contributed by atoms with E-state index in [1.54, 1.807) is 6.07 Å². The van der Waals surface area contributed by atoms with Crippen molar-refractivity contribution in [2.45, 2.75) is 13.3 Å². The molecule has 3 N–H and O–H groups in total. The van der Waals surface area contributed by atoms with Gasteiger partial charge in [-0.15, -0.1) is 0 Å². The van der Waals surface area contributed by atoms with E-state index < -0.39 is 11.6 Å². The lowest BCUT2D eigenvalue weighted by atomic mass is 10.1. The van der Waals surface area contributed by atoms with E-state index in [2.05, 4.69) is 26.3 Å². The molecule has 0 aliphatic rings. The Kier molecular flexibility index (Phi) is 3.26. The first-order valence-electron chi connectivity index (χ1n) is 5.02. The molecule has 1 heterocycles. The van der Waals surface area contributed by atoms with Gasteiger partial charge in [0.25, 0.3) is 0 Å². The number of hydrogen-bond donors (Lipinski definition) is 2. The zero-order chi connectivity index (χ0) is 12.6. The minimum atomic E-state index is -0.701. The van der Waals surface area contributed by atoms with Crippen LogP contribution in [0.5, 0.6) is 0 Å². The Morgan fingerprint density at radius 1 is 1.35 bits per heavy atom. The van der Waals surface area contributed by atoms with Crippen molar-refractivity contribution < 1.29 is 8.78 Å². The zero-order valence-electron chi connectivity index (χ0n) is 9.02. The van der Waals surface area contributed by atoms with Crippen LogP contribution in [-0.2, 0) is 6.42 Å². The van der Waals surface area contributed by atoms with Crippen LogP contribution < -0.4 is 11.3 Å². The van der Waals surface area contributed by atoms with E-state index in [0.29, 0.717) is 23.2 Å². The lowest BCUT2D eigenvalue weighted by Gasteiger charge is -2.10. The summed E-state index contributed by atoms with van der Waals surface area (Å²) >= 11 is 3.08. The number of hydrogen-bond acceptors (Lipinski definition) is 3. The van der Waals surface area contributed by atoms with E-state index in [1.807, 2.05) is 6.92 Å². The number of nitrogens with one attached hydrogen (secondary N) is 1. The minimum Gasteiger partial charge on any atom is -0.323 e. The van der Waals surface area contributed by atoms with Crippen molar-refractivity contribution in [3.05, 3.63) is 33.9 Å². The van der Waals surface area contributed by atoms with E-state index in [9.17, 15) is 8.78 Å². The largest absolute Gasteiger partial charge is 0.323 e. The molecule has 1 aromatic carbocycles. The minimum absolute atomic E-state index is 0.102. The zero-order valence-corrected chi connectivity index (χ0v) is 10.6. The number of hydrazine groups is 1. The Balaban J connectivity index is 2.93. The second-order valence-electron chi connectivity index (χ2n) is 3.54. The third-order valence-corrected chi connectivity index (χ3v) is 3.27. The molecule has 2 rings (SSSR count). The number of aryl methyl sites for hydroxylation is 1. The van der Waals surface area contributed by atoms with Crippen LogP contribution in [0.2, 0.25) is 0 Å². The second kappa shape index (κ2) is 4.54. The lowest BCUT2D eigenvalue weighted by Crippen LogP contribution is -2.09. The molecular formula is C11H10BrF2N3. The summed E-state index contributed by atoms with van der Waals surface area (Å²) in [6.45, 7) is 1.89. The molecule has 0 saturated heterocycles. The first-order valence-corrected chi connectivity index (χ1v) is 5.81. The molecule has 1 aromatic heterocycles. The normalized spacial score (nSPS) is 10.9. The van der Waals surface area contributed by atoms with Gasteiger partial charge in [-0.2, -0.15) is 0 Å². The van der Waals surface area contributed by atoms with E-state index in [-0.39, 0.29) is 9.99 Å². The van der Waals surface area contributed by atoms with Gasteiger partial charge in [-0.05, 0) is 28.4 Å². The molecule has 0 amide bonds. The molecule has 17 heavy (non-hydrogen) atoms. The maximum Gasteiger partial charge on any atom is 0.152 e. The first-order chi connectivity index (χ1) is 8.08. The van der Waals surface area contributed by atoms with Crippen LogP contribution in [0.15, 0.2) is 16.6 Å². The van der Waals surface area contributed by atoms with Gasteiger partial charge < -0.3 is 5.43 Å². The Morgan fingerprint density at radius 2 is 2.06 bits per heavy atom. The van der Waals surface area contributed by atoms with Gasteiger partial charge >= 0.3 is 0 Å². The summed E-state index contributed by atoms with van der Waals surface area (Å²) in [6.07, 6.45) is 0.638. The van der Waals surface area contributed by atoms with Gasteiger partial charge in [0.15, 0.2) is 5.82 Å². The molecule has 2 aromatic rings. The molecule has 0 bridgehead atoms. The molecule has 0 saturated carbocycles. The molecule has 0 atom stereocenters. The number of aromatic nitrogens is 1. The predicted molar refractivity (Wildman–Crippen MR) is 66.5 cm³/mol. The summed E-state index contributed by atoms with van der Waals surface area (Å²) in [5.41, 5.74) is 3.66. The fourth-order valence-corrected chi connectivity index (χ4v) is 2.17. The molecule has 90 valence electrons. The van der Waals surface area contributed by atoms with Gasteiger partial charge in [0, 0.05) is 17.1 Å². The lowest BCUT2D eigenvalue weighted by molar-refractivity contribution is 0.586. The number of rotatable bonds is 2. The number of anilines is 1. The van der Waals surface area contributed by atoms with Gasteiger partial charge in [-0.3, -0.25) is 5.84 Å². The van der Waals surface area contributed by atoms with Crippen molar-refractivity contribution in [1.82, 2.24) is 4.98 Å². The van der Waals surface area contributed by atoms with E-state index >= 15 is 0 Å². The summed E-state index contributed by atoms with van der Waals surface area (Å²) in [6, 6.07) is 2.48. The molecule has 0 unspecified atom stereocenters. The molecule has 0 aliphatic carbocycles. The molecular weight excluding hydrogens is 292 g/mol. The summed E-state index contributed by atoms with van der Waals surface area (Å²) < 4.78 is 27.2. The van der Waals surface area contributed by atoms with Crippen molar-refractivity contribution in [3.8, 4) is 0 Å². The average molecular weight is 302 g/mol. The van der Waals surface area contributed by atoms with E-state index in [0.717, 1.165) is 6.07 Å². The summed E-state index contributed by atoms with van der Waals surface area (Å²) in [5, 5.41) is 0.308. The van der Waals surface area contributed by atoms with Crippen molar-refractivity contribution in [2.75, 3.05) is 5.43 Å². The molecule has 6 heteroatoms. The smallest absolute Gasteiger partial charge is 0.152 e. The Labute approximate surface area is 105 Å². The number of nitrogen functional groups attached to an aromatic ring is 1. The fourth-order valence-electron chi connectivity index (χ4n) is 1.65. The van der Waals surface area contributed by atoms with Crippen LogP contribution in [0.25, 0.3) is 10.9 Å². The Hall–Kier alpha value is -1.27. The van der Waals surface area contributed by atoms with Crippen LogP contribution in [0.3, 0.4) is 0 Å². The van der Waals surface area contributed by atoms with Crippen LogP contribution in [0, 0.1) is 11.6 Å². The van der Waals surface area contributed by atoms with Gasteiger partial charge in [-0.25, -0.2) is 13.8 Å². The molecule has 0 fully saturated rings. The average Bonchev–Trinajstić information content (AvgIpc) is 2.34. The summed E-state index contributed by atoms with van der Waals surface area (Å²) in [7, 11) is 0. The van der Waals surface area contributed by atoms with E-state index in [1.165, 1.54) is 0 Å². The van der Waals surface area contributed by atoms with Crippen LogP contribution >= 0.6 is 15.9 Å². The number of halogens is 3. The molecule has 0 spiro atoms. The van der Waals surface area contributed by atoms with E-state index in [4.69, 9.17) is 5.84 Å². The molecule has 0 aliphatic heterocycles. The molecule has 0 radical (unpaired) electrons. The van der Waals surface area contributed by atoms with Crippen LogP contribution in [0.1, 0.15) is 12.6 Å². The topological polar surface area (TPSA) is 50.9 Å². The van der Waals surface area contributed by atoms with Crippen molar-refractivity contribution in [1.29, 1.82) is 0 Å². The van der Waals surface area contributed by atoms with Gasteiger partial charge in [-0.1, -0.05) is 6.92 Å². The van der Waals surface area contributed by atoms with Gasteiger partial charge in [0.05, 0.1) is 10.2 Å². The highest BCUT2D eigenvalue weighted by atomic mass is 79.9. The SMILES string of the molecule is CCc1cc(NN)c2c(Br)c(F)cc(F)c2n1. The van der Waals surface area contributed by atoms with Crippen LogP contribution in [0.4, 0.5) is 14.5 Å². The third-order valence-electron chi connectivity index (χ3n) is 2.50. The van der Waals surface area contributed by atoms with Gasteiger partial charge in [0.1, 0.15) is 11.3 Å².